The molecule has 1 aromatic carbocycles. The van der Waals surface area contributed by atoms with Crippen LogP contribution in [-0.2, 0) is 9.31 Å². The summed E-state index contributed by atoms with van der Waals surface area (Å²) in [7, 11) is -0.672. The lowest BCUT2D eigenvalue weighted by molar-refractivity contribution is 0.00578. The van der Waals surface area contributed by atoms with E-state index >= 15 is 0 Å². The van der Waals surface area contributed by atoms with Gasteiger partial charge in [-0.1, -0.05) is 12.1 Å². The molecule has 2 aliphatic heterocycles. The summed E-state index contributed by atoms with van der Waals surface area (Å²) in [4.78, 5) is 4.45. The largest absolute Gasteiger partial charge is 0.494 e. The highest BCUT2D eigenvalue weighted by molar-refractivity contribution is 6.62. The molecule has 0 spiro atoms. The van der Waals surface area contributed by atoms with Crippen molar-refractivity contribution in [1.82, 2.24) is 4.81 Å². The van der Waals surface area contributed by atoms with Crippen LogP contribution < -0.4 is 10.4 Å². The lowest BCUT2D eigenvalue weighted by Gasteiger charge is -2.36. The fourth-order valence-corrected chi connectivity index (χ4v) is 3.18. The Balaban J connectivity index is 1.65. The summed E-state index contributed by atoms with van der Waals surface area (Å²) in [6.07, 6.45) is 0. The van der Waals surface area contributed by atoms with Gasteiger partial charge in [-0.2, -0.15) is 0 Å². The van der Waals surface area contributed by atoms with E-state index in [1.807, 2.05) is 6.82 Å². The molecule has 5 nitrogen and oxygen atoms in total. The predicted octanol–water partition coefficient (Wildman–Crippen LogP) is 1.22. The standard InChI is InChI=1S/C17H28B2N2O3/c1-16(2)17(3,4)24-19(23-16)14-6-8-15(9-7-14)20-10-12-21(13-11-20)18(5)22/h6-9,22H,10-13H2,1-5H3. The van der Waals surface area contributed by atoms with Gasteiger partial charge in [0.1, 0.15) is 0 Å². The zero-order valence-electron chi connectivity index (χ0n) is 15.5. The first kappa shape index (κ1) is 17.8. The average Bonchev–Trinajstić information content (AvgIpc) is 2.76. The maximum absolute atomic E-state index is 9.66. The Hall–Kier alpha value is -1.01. The molecule has 130 valence electrons. The minimum Gasteiger partial charge on any atom is -0.437 e. The van der Waals surface area contributed by atoms with E-state index in [9.17, 15) is 5.02 Å². The number of piperazine rings is 1. The molecule has 0 amide bonds. The highest BCUT2D eigenvalue weighted by Crippen LogP contribution is 2.36. The molecule has 1 aromatic rings. The van der Waals surface area contributed by atoms with Crippen LogP contribution in [0, 0.1) is 0 Å². The van der Waals surface area contributed by atoms with Crippen molar-refractivity contribution in [3.8, 4) is 0 Å². The van der Waals surface area contributed by atoms with Crippen molar-refractivity contribution in [3.63, 3.8) is 0 Å². The molecule has 3 rings (SSSR count). The van der Waals surface area contributed by atoms with Crippen LogP contribution in [0.1, 0.15) is 27.7 Å². The van der Waals surface area contributed by atoms with Crippen LogP contribution in [0.3, 0.4) is 0 Å². The van der Waals surface area contributed by atoms with Gasteiger partial charge in [0.25, 0.3) is 0 Å². The molecular weight excluding hydrogens is 302 g/mol. The van der Waals surface area contributed by atoms with Crippen molar-refractivity contribution in [3.05, 3.63) is 24.3 Å². The third kappa shape index (κ3) is 3.36. The SMILES string of the molecule is CB(O)N1CCN(c2ccc(B3OC(C)(C)C(C)(C)O3)cc2)CC1. The molecule has 0 saturated carbocycles. The smallest absolute Gasteiger partial charge is 0.437 e. The fraction of sp³-hybridized carbons (Fsp3) is 0.647. The molecule has 24 heavy (non-hydrogen) atoms. The molecular formula is C17H28B2N2O3. The topological polar surface area (TPSA) is 45.2 Å². The Bertz CT molecular complexity index is 554. The van der Waals surface area contributed by atoms with Crippen LogP contribution in [0.25, 0.3) is 0 Å². The Kier molecular flexibility index (Phi) is 4.73. The average molecular weight is 330 g/mol. The maximum Gasteiger partial charge on any atom is 0.494 e. The highest BCUT2D eigenvalue weighted by atomic mass is 16.7. The van der Waals surface area contributed by atoms with Crippen LogP contribution in [0.15, 0.2) is 24.3 Å². The van der Waals surface area contributed by atoms with E-state index in [2.05, 4.69) is 61.7 Å². The predicted molar refractivity (Wildman–Crippen MR) is 99.8 cm³/mol. The van der Waals surface area contributed by atoms with Crippen molar-refractivity contribution >= 4 is 25.3 Å². The first-order chi connectivity index (χ1) is 11.2. The summed E-state index contributed by atoms with van der Waals surface area (Å²) in [6, 6.07) is 8.47. The van der Waals surface area contributed by atoms with E-state index in [1.54, 1.807) is 0 Å². The third-order valence-corrected chi connectivity index (χ3v) is 5.63. The zero-order chi connectivity index (χ0) is 17.5. The highest BCUT2D eigenvalue weighted by Gasteiger charge is 2.51. The molecule has 7 heteroatoms. The fourth-order valence-electron chi connectivity index (χ4n) is 3.18. The van der Waals surface area contributed by atoms with E-state index < -0.39 is 0 Å². The number of rotatable bonds is 3. The number of anilines is 1. The minimum absolute atomic E-state index is 0.309. The van der Waals surface area contributed by atoms with E-state index in [0.29, 0.717) is 0 Å². The summed E-state index contributed by atoms with van der Waals surface area (Å²) in [5, 5.41) is 9.66. The zero-order valence-corrected chi connectivity index (χ0v) is 15.5. The summed E-state index contributed by atoms with van der Waals surface area (Å²) >= 11 is 0. The van der Waals surface area contributed by atoms with Crippen molar-refractivity contribution < 1.29 is 14.3 Å². The molecule has 0 bridgehead atoms. The first-order valence-corrected chi connectivity index (χ1v) is 8.82. The van der Waals surface area contributed by atoms with Gasteiger partial charge in [0.15, 0.2) is 0 Å². The lowest BCUT2D eigenvalue weighted by atomic mass is 9.79. The van der Waals surface area contributed by atoms with Crippen molar-refractivity contribution in [2.75, 3.05) is 31.1 Å². The number of benzene rings is 1. The molecule has 0 unspecified atom stereocenters. The minimum atomic E-state index is -0.363. The molecule has 2 aliphatic rings. The first-order valence-electron chi connectivity index (χ1n) is 8.82. The molecule has 2 heterocycles. The van der Waals surface area contributed by atoms with E-state index in [4.69, 9.17) is 9.31 Å². The second kappa shape index (κ2) is 6.37. The molecule has 0 aliphatic carbocycles. The lowest BCUT2D eigenvalue weighted by Crippen LogP contribution is -2.51. The molecule has 2 fully saturated rings. The van der Waals surface area contributed by atoms with Gasteiger partial charge in [-0.05, 0) is 52.1 Å². The molecule has 0 atom stereocenters. The van der Waals surface area contributed by atoms with Crippen LogP contribution in [0.4, 0.5) is 5.69 Å². The molecule has 0 radical (unpaired) electrons. The van der Waals surface area contributed by atoms with Crippen LogP contribution in [0.2, 0.25) is 6.82 Å². The molecule has 1 N–H and O–H groups in total. The summed E-state index contributed by atoms with van der Waals surface area (Å²) in [5.41, 5.74) is 1.64. The Morgan fingerprint density at radius 2 is 1.46 bits per heavy atom. The second-order valence-corrected chi connectivity index (χ2v) is 7.83. The van der Waals surface area contributed by atoms with Gasteiger partial charge in [-0.3, -0.25) is 0 Å². The third-order valence-electron chi connectivity index (χ3n) is 5.63. The number of hydrogen-bond acceptors (Lipinski definition) is 5. The molecule has 2 saturated heterocycles. The van der Waals surface area contributed by atoms with Gasteiger partial charge in [0, 0.05) is 31.9 Å². The van der Waals surface area contributed by atoms with Crippen LogP contribution >= 0.6 is 0 Å². The Morgan fingerprint density at radius 1 is 0.958 bits per heavy atom. The van der Waals surface area contributed by atoms with Crippen molar-refractivity contribution in [2.45, 2.75) is 45.7 Å². The summed E-state index contributed by atoms with van der Waals surface area (Å²) in [5.74, 6) is 0. The number of hydrogen-bond donors (Lipinski definition) is 1. The van der Waals surface area contributed by atoms with Gasteiger partial charge < -0.3 is 24.0 Å². The quantitative estimate of drug-likeness (QED) is 0.845. The monoisotopic (exact) mass is 330 g/mol. The van der Waals surface area contributed by atoms with Crippen molar-refractivity contribution in [2.24, 2.45) is 0 Å². The summed E-state index contributed by atoms with van der Waals surface area (Å²) < 4.78 is 12.2. The van der Waals surface area contributed by atoms with E-state index in [-0.39, 0.29) is 25.4 Å². The summed E-state index contributed by atoms with van der Waals surface area (Å²) in [6.45, 7) is 13.8. The van der Waals surface area contributed by atoms with Gasteiger partial charge in [0.2, 0.25) is 0 Å². The second-order valence-electron chi connectivity index (χ2n) is 7.83. The van der Waals surface area contributed by atoms with Crippen LogP contribution in [0.5, 0.6) is 0 Å². The molecule has 0 aromatic heterocycles. The Labute approximate surface area is 146 Å². The Morgan fingerprint density at radius 3 is 1.92 bits per heavy atom. The van der Waals surface area contributed by atoms with Crippen LogP contribution in [-0.4, -0.2) is 61.4 Å². The number of nitrogens with zero attached hydrogens (tertiary/aromatic N) is 2. The van der Waals surface area contributed by atoms with Gasteiger partial charge in [-0.25, -0.2) is 0 Å². The van der Waals surface area contributed by atoms with Gasteiger partial charge >= 0.3 is 14.2 Å². The van der Waals surface area contributed by atoms with Crippen molar-refractivity contribution in [1.29, 1.82) is 0 Å². The van der Waals surface area contributed by atoms with E-state index in [0.717, 1.165) is 31.6 Å². The van der Waals surface area contributed by atoms with Gasteiger partial charge in [-0.15, -0.1) is 0 Å². The van der Waals surface area contributed by atoms with E-state index in [1.165, 1.54) is 5.69 Å². The normalized spacial score (nSPS) is 23.6. The maximum atomic E-state index is 9.66. The van der Waals surface area contributed by atoms with Gasteiger partial charge in [0.05, 0.1) is 11.2 Å².